The lowest BCUT2D eigenvalue weighted by molar-refractivity contribution is -0.145. The first-order valence-corrected chi connectivity index (χ1v) is 11.2. The van der Waals surface area contributed by atoms with Crippen molar-refractivity contribution >= 4 is 51.5 Å². The Bertz CT molecular complexity index is 1200. The van der Waals surface area contributed by atoms with E-state index in [9.17, 15) is 19.2 Å². The number of aryl methyl sites for hydroxylation is 1. The molecule has 1 aliphatic rings. The average Bonchev–Trinajstić information content (AvgIpc) is 2.78. The van der Waals surface area contributed by atoms with Crippen molar-refractivity contribution in [2.24, 2.45) is 0 Å². The van der Waals surface area contributed by atoms with Crippen molar-refractivity contribution in [3.05, 3.63) is 75.8 Å². The van der Waals surface area contributed by atoms with Gasteiger partial charge in [0.25, 0.3) is 11.8 Å². The van der Waals surface area contributed by atoms with Crippen LogP contribution in [0.15, 0.2) is 59.1 Å². The maximum atomic E-state index is 13.1. The van der Waals surface area contributed by atoms with Gasteiger partial charge in [0.05, 0.1) is 12.3 Å². The van der Waals surface area contributed by atoms with Crippen molar-refractivity contribution in [3.8, 4) is 5.75 Å². The van der Waals surface area contributed by atoms with Crippen LogP contribution in [-0.2, 0) is 25.5 Å². The number of carbonyl (C=O) groups is 4. The number of halogens is 1. The van der Waals surface area contributed by atoms with E-state index in [-0.39, 0.29) is 18.8 Å². The summed E-state index contributed by atoms with van der Waals surface area (Å²) < 4.78 is 11.3. The van der Waals surface area contributed by atoms with Gasteiger partial charge >= 0.3 is 12.0 Å². The molecule has 1 saturated heterocycles. The molecular weight excluding hydrogens is 504 g/mol. The summed E-state index contributed by atoms with van der Waals surface area (Å²) in [5.41, 5.74) is 2.23. The monoisotopic (exact) mass is 526 g/mol. The molecule has 0 aromatic heterocycles. The van der Waals surface area contributed by atoms with E-state index >= 15 is 0 Å². The van der Waals surface area contributed by atoms with Gasteiger partial charge in [0.1, 0.15) is 11.3 Å². The number of hydrogen-bond acceptors (Lipinski definition) is 6. The zero-order valence-corrected chi connectivity index (χ0v) is 20.3. The molecule has 8 nitrogen and oxygen atoms in total. The van der Waals surface area contributed by atoms with Crippen LogP contribution in [0.2, 0.25) is 0 Å². The number of amides is 4. The van der Waals surface area contributed by atoms with Crippen LogP contribution in [0.3, 0.4) is 0 Å². The molecule has 1 fully saturated rings. The summed E-state index contributed by atoms with van der Waals surface area (Å²) in [4.78, 5) is 50.6. The van der Waals surface area contributed by atoms with Gasteiger partial charge in [0, 0.05) is 4.47 Å². The van der Waals surface area contributed by atoms with E-state index < -0.39 is 23.8 Å². The molecule has 9 heteroatoms. The highest BCUT2D eigenvalue weighted by molar-refractivity contribution is 9.10. The molecule has 176 valence electrons. The number of imide groups is 2. The molecule has 2 aromatic rings. The third-order valence-electron chi connectivity index (χ3n) is 4.91. The molecule has 0 bridgehead atoms. The Morgan fingerprint density at radius 2 is 1.94 bits per heavy atom. The minimum Gasteiger partial charge on any atom is -0.482 e. The number of esters is 1. The molecule has 0 radical (unpaired) electrons. The normalized spacial score (nSPS) is 14.7. The maximum absolute atomic E-state index is 13.1. The van der Waals surface area contributed by atoms with Crippen LogP contribution in [0.25, 0.3) is 6.08 Å². The summed E-state index contributed by atoms with van der Waals surface area (Å²) in [5.74, 6) is -1.55. The van der Waals surface area contributed by atoms with Gasteiger partial charge in [0.15, 0.2) is 6.61 Å². The smallest absolute Gasteiger partial charge is 0.344 e. The summed E-state index contributed by atoms with van der Waals surface area (Å²) in [6, 6.07) is 9.19. The Balaban J connectivity index is 1.92. The van der Waals surface area contributed by atoms with Gasteiger partial charge in [-0.3, -0.25) is 14.9 Å². The molecule has 34 heavy (non-hydrogen) atoms. The van der Waals surface area contributed by atoms with Crippen molar-refractivity contribution < 1.29 is 28.7 Å². The standard InChI is InChI=1S/C25H23BrN2O6/c1-4-6-17-12-16(7-10-21(17)34-14-22(29)33-5-2)13-19-23(30)27-25(32)28(24(19)31)18-8-9-20(26)15(3)11-18/h4,7-13H,1,5-6,14H2,2-3H3,(H,27,30,32)/b19-13+. The molecule has 0 atom stereocenters. The quantitative estimate of drug-likeness (QED) is 0.240. The van der Waals surface area contributed by atoms with E-state index in [2.05, 4.69) is 27.8 Å². The molecule has 1 N–H and O–H groups in total. The molecule has 1 heterocycles. The van der Waals surface area contributed by atoms with Gasteiger partial charge < -0.3 is 9.47 Å². The second kappa shape index (κ2) is 10.9. The van der Waals surface area contributed by atoms with E-state index in [4.69, 9.17) is 9.47 Å². The molecule has 4 amide bonds. The van der Waals surface area contributed by atoms with Crippen molar-refractivity contribution in [2.75, 3.05) is 18.1 Å². The third kappa shape index (κ3) is 5.60. The highest BCUT2D eigenvalue weighted by Gasteiger charge is 2.37. The highest BCUT2D eigenvalue weighted by atomic mass is 79.9. The largest absolute Gasteiger partial charge is 0.482 e. The second-order valence-corrected chi connectivity index (χ2v) is 8.20. The lowest BCUT2D eigenvalue weighted by Gasteiger charge is -2.26. The number of carbonyl (C=O) groups excluding carboxylic acids is 4. The fourth-order valence-electron chi connectivity index (χ4n) is 3.31. The first-order chi connectivity index (χ1) is 16.2. The molecule has 0 unspecified atom stereocenters. The summed E-state index contributed by atoms with van der Waals surface area (Å²) in [6.45, 7) is 7.27. The van der Waals surface area contributed by atoms with Crippen LogP contribution >= 0.6 is 15.9 Å². The molecule has 1 aliphatic heterocycles. The number of allylic oxidation sites excluding steroid dienone is 1. The third-order valence-corrected chi connectivity index (χ3v) is 5.80. The number of hydrogen-bond donors (Lipinski definition) is 1. The summed E-state index contributed by atoms with van der Waals surface area (Å²) >= 11 is 3.39. The number of rotatable bonds is 8. The molecule has 3 rings (SSSR count). The Hall–Kier alpha value is -3.72. The van der Waals surface area contributed by atoms with Gasteiger partial charge in [-0.1, -0.05) is 28.1 Å². The average molecular weight is 527 g/mol. The van der Waals surface area contributed by atoms with E-state index in [0.29, 0.717) is 29.0 Å². The van der Waals surface area contributed by atoms with E-state index in [1.54, 1.807) is 49.4 Å². The molecule has 0 saturated carbocycles. The van der Waals surface area contributed by atoms with Gasteiger partial charge in [0.2, 0.25) is 0 Å². The predicted octanol–water partition coefficient (Wildman–Crippen LogP) is 4.09. The maximum Gasteiger partial charge on any atom is 0.344 e. The van der Waals surface area contributed by atoms with E-state index in [0.717, 1.165) is 14.9 Å². The van der Waals surface area contributed by atoms with Crippen LogP contribution < -0.4 is 15.0 Å². The zero-order chi connectivity index (χ0) is 24.8. The Morgan fingerprint density at radius 3 is 2.62 bits per heavy atom. The van der Waals surface area contributed by atoms with Gasteiger partial charge in [-0.15, -0.1) is 6.58 Å². The molecule has 2 aromatic carbocycles. The molecular formula is C25H23BrN2O6. The number of nitrogens with zero attached hydrogens (tertiary/aromatic N) is 1. The fraction of sp³-hybridized carbons (Fsp3) is 0.200. The minimum absolute atomic E-state index is 0.190. The molecule has 0 spiro atoms. The predicted molar refractivity (Wildman–Crippen MR) is 130 cm³/mol. The van der Waals surface area contributed by atoms with Crippen LogP contribution in [0.4, 0.5) is 10.5 Å². The Morgan fingerprint density at radius 1 is 1.18 bits per heavy atom. The summed E-state index contributed by atoms with van der Waals surface area (Å²) in [5, 5.41) is 2.21. The SMILES string of the molecule is C=CCc1cc(/C=C2\C(=O)NC(=O)N(c3ccc(Br)c(C)c3)C2=O)ccc1OCC(=O)OCC. The van der Waals surface area contributed by atoms with E-state index in [1.165, 1.54) is 6.08 Å². The van der Waals surface area contributed by atoms with Crippen LogP contribution in [0, 0.1) is 6.92 Å². The number of benzene rings is 2. The Kier molecular flexibility index (Phi) is 8.01. The number of nitrogens with one attached hydrogen (secondary N) is 1. The summed E-state index contributed by atoms with van der Waals surface area (Å²) in [6.07, 6.45) is 3.50. The summed E-state index contributed by atoms with van der Waals surface area (Å²) in [7, 11) is 0. The topological polar surface area (TPSA) is 102 Å². The lowest BCUT2D eigenvalue weighted by Crippen LogP contribution is -2.54. The second-order valence-electron chi connectivity index (χ2n) is 7.34. The van der Waals surface area contributed by atoms with Gasteiger partial charge in [-0.25, -0.2) is 14.5 Å². The van der Waals surface area contributed by atoms with Crippen molar-refractivity contribution in [1.82, 2.24) is 5.32 Å². The van der Waals surface area contributed by atoms with Crippen molar-refractivity contribution in [2.45, 2.75) is 20.3 Å². The lowest BCUT2D eigenvalue weighted by atomic mass is 10.0. The first kappa shape index (κ1) is 24.9. The Labute approximate surface area is 205 Å². The van der Waals surface area contributed by atoms with Gasteiger partial charge in [-0.05, 0) is 73.4 Å². The number of ether oxygens (including phenoxy) is 2. The number of anilines is 1. The molecule has 0 aliphatic carbocycles. The van der Waals surface area contributed by atoms with Crippen LogP contribution in [0.5, 0.6) is 5.75 Å². The van der Waals surface area contributed by atoms with Crippen LogP contribution in [0.1, 0.15) is 23.6 Å². The van der Waals surface area contributed by atoms with Crippen molar-refractivity contribution in [3.63, 3.8) is 0 Å². The first-order valence-electron chi connectivity index (χ1n) is 10.4. The fourth-order valence-corrected chi connectivity index (χ4v) is 3.56. The van der Waals surface area contributed by atoms with E-state index in [1.807, 2.05) is 6.92 Å². The number of urea groups is 1. The number of barbiturate groups is 1. The highest BCUT2D eigenvalue weighted by Crippen LogP contribution is 2.27. The minimum atomic E-state index is -0.816. The van der Waals surface area contributed by atoms with Crippen LogP contribution in [-0.4, -0.2) is 37.0 Å². The van der Waals surface area contributed by atoms with Gasteiger partial charge in [-0.2, -0.15) is 0 Å². The zero-order valence-electron chi connectivity index (χ0n) is 18.7. The van der Waals surface area contributed by atoms with Crippen molar-refractivity contribution in [1.29, 1.82) is 0 Å².